The summed E-state index contributed by atoms with van der Waals surface area (Å²) in [4.78, 5) is 27.0. The number of benzene rings is 2. The Morgan fingerprint density at radius 3 is 2.60 bits per heavy atom. The van der Waals surface area contributed by atoms with Crippen molar-refractivity contribution in [1.29, 1.82) is 0 Å². The van der Waals surface area contributed by atoms with Gasteiger partial charge in [-0.15, -0.1) is 11.8 Å². The molecule has 0 saturated heterocycles. The maximum atomic E-state index is 12.6. The Morgan fingerprint density at radius 2 is 1.97 bits per heavy atom. The number of aliphatic hydroxyl groups is 1. The number of carbonyl (C=O) groups excluding carboxylic acids is 2. The first-order valence-corrected chi connectivity index (χ1v) is 10.8. The molecule has 1 aliphatic rings. The summed E-state index contributed by atoms with van der Waals surface area (Å²) in [5, 5.41) is 13.4. The summed E-state index contributed by atoms with van der Waals surface area (Å²) in [6.45, 7) is 0.0640. The summed E-state index contributed by atoms with van der Waals surface area (Å²) in [5.41, 5.74) is 2.07. The van der Waals surface area contributed by atoms with E-state index in [1.54, 1.807) is 17.8 Å². The van der Waals surface area contributed by atoms with Crippen molar-refractivity contribution < 1.29 is 19.4 Å². The SMILES string of the molecule is COC(=O)C1=C(Nc2ccc(SCc3ccc(Cl)cc3Cl)cc2)C(=O)N(CCO)C1. The van der Waals surface area contributed by atoms with Gasteiger partial charge in [-0.2, -0.15) is 0 Å². The highest BCUT2D eigenvalue weighted by Crippen LogP contribution is 2.30. The van der Waals surface area contributed by atoms with Crippen molar-refractivity contribution in [3.63, 3.8) is 0 Å². The van der Waals surface area contributed by atoms with Gasteiger partial charge in [-0.3, -0.25) is 4.79 Å². The lowest BCUT2D eigenvalue weighted by Gasteiger charge is -2.15. The van der Waals surface area contributed by atoms with Crippen LogP contribution in [0.15, 0.2) is 58.6 Å². The zero-order chi connectivity index (χ0) is 21.7. The minimum atomic E-state index is -0.571. The fourth-order valence-corrected chi connectivity index (χ4v) is 4.38. The number of nitrogens with one attached hydrogen (secondary N) is 1. The van der Waals surface area contributed by atoms with E-state index in [-0.39, 0.29) is 36.9 Å². The van der Waals surface area contributed by atoms with E-state index >= 15 is 0 Å². The van der Waals surface area contributed by atoms with Crippen LogP contribution in [-0.4, -0.2) is 48.7 Å². The second kappa shape index (κ2) is 10.2. The van der Waals surface area contributed by atoms with Crippen molar-refractivity contribution in [2.24, 2.45) is 0 Å². The Kier molecular flexibility index (Phi) is 7.66. The third kappa shape index (κ3) is 5.29. The number of ether oxygens (including phenoxy) is 1. The van der Waals surface area contributed by atoms with Gasteiger partial charge in [-0.05, 0) is 42.0 Å². The van der Waals surface area contributed by atoms with E-state index in [9.17, 15) is 9.59 Å². The number of aliphatic hydroxyl groups excluding tert-OH is 1. The number of rotatable bonds is 8. The molecule has 2 aromatic rings. The molecule has 0 bridgehead atoms. The van der Waals surface area contributed by atoms with Crippen molar-refractivity contribution in [1.82, 2.24) is 4.90 Å². The molecule has 158 valence electrons. The molecule has 9 heteroatoms. The zero-order valence-electron chi connectivity index (χ0n) is 16.2. The minimum absolute atomic E-state index is 0.101. The van der Waals surface area contributed by atoms with Crippen molar-refractivity contribution in [3.05, 3.63) is 69.3 Å². The molecular formula is C21H20Cl2N2O4S. The molecule has 1 aliphatic heterocycles. The fourth-order valence-electron chi connectivity index (χ4n) is 2.93. The van der Waals surface area contributed by atoms with Crippen LogP contribution in [0.1, 0.15) is 5.56 Å². The molecule has 0 saturated carbocycles. The Balaban J connectivity index is 1.69. The van der Waals surface area contributed by atoms with Gasteiger partial charge in [0.2, 0.25) is 0 Å². The number of halogens is 2. The summed E-state index contributed by atoms with van der Waals surface area (Å²) in [5.74, 6) is -0.228. The topological polar surface area (TPSA) is 78.9 Å². The van der Waals surface area contributed by atoms with Crippen molar-refractivity contribution in [3.8, 4) is 0 Å². The third-order valence-corrected chi connectivity index (χ3v) is 6.13. The van der Waals surface area contributed by atoms with Crippen LogP contribution >= 0.6 is 35.0 Å². The average Bonchev–Trinajstić information content (AvgIpc) is 3.04. The smallest absolute Gasteiger partial charge is 0.337 e. The summed E-state index contributed by atoms with van der Waals surface area (Å²) < 4.78 is 4.79. The molecule has 1 heterocycles. The van der Waals surface area contributed by atoms with Crippen LogP contribution in [0.5, 0.6) is 0 Å². The van der Waals surface area contributed by atoms with E-state index in [2.05, 4.69) is 5.32 Å². The quantitative estimate of drug-likeness (QED) is 0.452. The maximum absolute atomic E-state index is 12.6. The molecule has 0 aliphatic carbocycles. The lowest BCUT2D eigenvalue weighted by molar-refractivity contribution is -0.136. The number of methoxy groups -OCH3 is 1. The standard InChI is InChI=1S/C21H20Cl2N2O4S/c1-29-21(28)17-11-25(8-9-26)20(27)19(17)24-15-4-6-16(7-5-15)30-12-13-2-3-14(22)10-18(13)23/h2-7,10,24,26H,8-9,11-12H2,1H3. The predicted molar refractivity (Wildman–Crippen MR) is 119 cm³/mol. The van der Waals surface area contributed by atoms with Crippen LogP contribution in [0.4, 0.5) is 5.69 Å². The number of anilines is 1. The number of esters is 1. The number of hydrogen-bond acceptors (Lipinski definition) is 6. The number of hydrogen-bond donors (Lipinski definition) is 2. The molecular weight excluding hydrogens is 447 g/mol. The monoisotopic (exact) mass is 466 g/mol. The van der Waals surface area contributed by atoms with E-state index in [1.807, 2.05) is 36.4 Å². The molecule has 0 atom stereocenters. The van der Waals surface area contributed by atoms with Crippen molar-refractivity contribution >= 4 is 52.5 Å². The largest absolute Gasteiger partial charge is 0.466 e. The Bertz CT molecular complexity index is 979. The molecule has 0 aromatic heterocycles. The summed E-state index contributed by atoms with van der Waals surface area (Å²) in [7, 11) is 1.27. The van der Waals surface area contributed by atoms with E-state index in [1.165, 1.54) is 12.0 Å². The second-order valence-electron chi connectivity index (χ2n) is 6.47. The second-order valence-corrected chi connectivity index (χ2v) is 8.36. The lowest BCUT2D eigenvalue weighted by Crippen LogP contribution is -2.31. The van der Waals surface area contributed by atoms with Gasteiger partial charge in [0.25, 0.3) is 5.91 Å². The molecule has 1 amide bonds. The number of carbonyl (C=O) groups is 2. The summed E-state index contributed by atoms with van der Waals surface area (Å²) >= 11 is 13.8. The van der Waals surface area contributed by atoms with Gasteiger partial charge in [0.15, 0.2) is 0 Å². The van der Waals surface area contributed by atoms with Gasteiger partial charge in [-0.1, -0.05) is 29.3 Å². The van der Waals surface area contributed by atoms with E-state index < -0.39 is 5.97 Å². The highest BCUT2D eigenvalue weighted by atomic mass is 35.5. The van der Waals surface area contributed by atoms with Gasteiger partial charge in [0.05, 0.1) is 25.8 Å². The maximum Gasteiger partial charge on any atom is 0.337 e. The van der Waals surface area contributed by atoms with Crippen LogP contribution in [0.3, 0.4) is 0 Å². The predicted octanol–water partition coefficient (Wildman–Crippen LogP) is 3.96. The Labute approximate surface area is 188 Å². The Morgan fingerprint density at radius 1 is 1.23 bits per heavy atom. The number of amides is 1. The van der Waals surface area contributed by atoms with Crippen LogP contribution in [-0.2, 0) is 20.1 Å². The fraction of sp³-hybridized carbons (Fsp3) is 0.238. The molecule has 30 heavy (non-hydrogen) atoms. The highest BCUT2D eigenvalue weighted by molar-refractivity contribution is 7.98. The van der Waals surface area contributed by atoms with Crippen LogP contribution in [0, 0.1) is 0 Å². The third-order valence-electron chi connectivity index (χ3n) is 4.49. The molecule has 6 nitrogen and oxygen atoms in total. The first-order valence-electron chi connectivity index (χ1n) is 9.08. The van der Waals surface area contributed by atoms with Gasteiger partial charge in [0, 0.05) is 32.9 Å². The highest BCUT2D eigenvalue weighted by Gasteiger charge is 2.34. The molecule has 3 rings (SSSR count). The van der Waals surface area contributed by atoms with Gasteiger partial charge in [0.1, 0.15) is 5.70 Å². The number of thioether (sulfide) groups is 1. The van der Waals surface area contributed by atoms with Gasteiger partial charge >= 0.3 is 5.97 Å². The van der Waals surface area contributed by atoms with E-state index in [0.29, 0.717) is 21.5 Å². The molecule has 0 unspecified atom stereocenters. The Hall–Kier alpha value is -2.19. The van der Waals surface area contributed by atoms with Crippen molar-refractivity contribution in [2.75, 3.05) is 32.1 Å². The van der Waals surface area contributed by atoms with Crippen LogP contribution in [0.25, 0.3) is 0 Å². The van der Waals surface area contributed by atoms with E-state index in [4.69, 9.17) is 33.0 Å². The van der Waals surface area contributed by atoms with Crippen molar-refractivity contribution in [2.45, 2.75) is 10.6 Å². The molecule has 0 radical (unpaired) electrons. The molecule has 2 aromatic carbocycles. The summed E-state index contributed by atoms with van der Waals surface area (Å²) in [6, 6.07) is 12.9. The lowest BCUT2D eigenvalue weighted by atomic mass is 10.2. The van der Waals surface area contributed by atoms with Crippen LogP contribution in [0.2, 0.25) is 10.0 Å². The number of β-amino-alcohol motifs (C(OH)–C–C–N with tert-alkyl or cyclic N) is 1. The molecule has 0 fully saturated rings. The molecule has 0 spiro atoms. The van der Waals surface area contributed by atoms with Gasteiger partial charge < -0.3 is 20.1 Å². The minimum Gasteiger partial charge on any atom is -0.466 e. The van der Waals surface area contributed by atoms with E-state index in [0.717, 1.165) is 10.5 Å². The first-order chi connectivity index (χ1) is 14.4. The number of nitrogens with zero attached hydrogens (tertiary/aromatic N) is 1. The zero-order valence-corrected chi connectivity index (χ0v) is 18.5. The van der Waals surface area contributed by atoms with Gasteiger partial charge in [-0.25, -0.2) is 4.79 Å². The normalized spacial score (nSPS) is 13.7. The summed E-state index contributed by atoms with van der Waals surface area (Å²) in [6.07, 6.45) is 0. The average molecular weight is 467 g/mol. The first kappa shape index (κ1) is 22.5. The molecule has 2 N–H and O–H groups in total. The van der Waals surface area contributed by atoms with Crippen LogP contribution < -0.4 is 5.32 Å².